The summed E-state index contributed by atoms with van der Waals surface area (Å²) in [6.45, 7) is 4.22. The number of thiazole rings is 1. The van der Waals surface area contributed by atoms with Gasteiger partial charge in [0, 0.05) is 26.7 Å². The van der Waals surface area contributed by atoms with Crippen LogP contribution in [0.15, 0.2) is 0 Å². The van der Waals surface area contributed by atoms with Gasteiger partial charge in [0.15, 0.2) is 5.13 Å². The van der Waals surface area contributed by atoms with E-state index in [2.05, 4.69) is 15.2 Å². The topological polar surface area (TPSA) is 91.6 Å². The van der Waals surface area contributed by atoms with Gasteiger partial charge in [-0.2, -0.15) is 0 Å². The average Bonchev–Trinajstić information content (AvgIpc) is 3.12. The van der Waals surface area contributed by atoms with Gasteiger partial charge in [0.1, 0.15) is 10.7 Å². The summed E-state index contributed by atoms with van der Waals surface area (Å²) in [5, 5.41) is 3.31. The number of anilines is 2. The maximum atomic E-state index is 12.5. The molecule has 0 unspecified atom stereocenters. The van der Waals surface area contributed by atoms with Crippen molar-refractivity contribution in [2.75, 3.05) is 43.9 Å². The molecule has 1 aliphatic rings. The second-order valence-corrected chi connectivity index (χ2v) is 5.87. The van der Waals surface area contributed by atoms with Gasteiger partial charge in [-0.3, -0.25) is 9.59 Å². The van der Waals surface area contributed by atoms with Crippen LogP contribution < -0.4 is 16.0 Å². The fraction of sp³-hybridized carbons (Fsp3) is 0.615. The first-order valence-electron chi connectivity index (χ1n) is 7.08. The number of hydrogen-bond donors (Lipinski definition) is 2. The third kappa shape index (κ3) is 3.44. The van der Waals surface area contributed by atoms with Crippen molar-refractivity contribution in [2.45, 2.75) is 19.8 Å². The van der Waals surface area contributed by atoms with Crippen LogP contribution in [-0.2, 0) is 4.79 Å². The number of likely N-dealkylation sites (N-methyl/N-ethyl adjacent to an activating group) is 2. The zero-order chi connectivity index (χ0) is 15.4. The molecule has 2 heterocycles. The van der Waals surface area contributed by atoms with Crippen LogP contribution in [0.25, 0.3) is 0 Å². The molecule has 2 amide bonds. The number of nitrogens with zero attached hydrogens (tertiary/aromatic N) is 3. The van der Waals surface area contributed by atoms with Crippen molar-refractivity contribution in [1.29, 1.82) is 0 Å². The molecule has 8 heteroatoms. The smallest absolute Gasteiger partial charge is 0.268 e. The SMILES string of the molecule is CCN(CC(=O)NC)C(=O)c1sc(N2CCCC2)nc1N. The Bertz CT molecular complexity index is 525. The Labute approximate surface area is 128 Å². The highest BCUT2D eigenvalue weighted by molar-refractivity contribution is 7.18. The third-order valence-electron chi connectivity index (χ3n) is 3.50. The summed E-state index contributed by atoms with van der Waals surface area (Å²) in [5.41, 5.74) is 5.89. The Morgan fingerprint density at radius 2 is 2.10 bits per heavy atom. The molecule has 1 aromatic heterocycles. The van der Waals surface area contributed by atoms with Gasteiger partial charge in [-0.15, -0.1) is 0 Å². The Morgan fingerprint density at radius 3 is 2.67 bits per heavy atom. The summed E-state index contributed by atoms with van der Waals surface area (Å²) in [7, 11) is 1.55. The number of amides is 2. The van der Waals surface area contributed by atoms with Gasteiger partial charge in [-0.25, -0.2) is 4.98 Å². The second-order valence-electron chi connectivity index (χ2n) is 4.90. The first-order chi connectivity index (χ1) is 10.1. The van der Waals surface area contributed by atoms with E-state index in [1.54, 1.807) is 7.05 Å². The summed E-state index contributed by atoms with van der Waals surface area (Å²) in [5.74, 6) is -0.183. The highest BCUT2D eigenvalue weighted by Gasteiger charge is 2.25. The van der Waals surface area contributed by atoms with Crippen LogP contribution in [0.5, 0.6) is 0 Å². The van der Waals surface area contributed by atoms with Crippen molar-refractivity contribution in [2.24, 2.45) is 0 Å². The van der Waals surface area contributed by atoms with Crippen LogP contribution in [-0.4, -0.2) is 54.9 Å². The molecule has 1 aromatic rings. The maximum absolute atomic E-state index is 12.5. The molecule has 0 aromatic carbocycles. The fourth-order valence-electron chi connectivity index (χ4n) is 2.24. The minimum absolute atomic E-state index is 0.0300. The van der Waals surface area contributed by atoms with E-state index < -0.39 is 0 Å². The Balaban J connectivity index is 2.15. The van der Waals surface area contributed by atoms with Crippen molar-refractivity contribution in [1.82, 2.24) is 15.2 Å². The lowest BCUT2D eigenvalue weighted by Gasteiger charge is -2.19. The quantitative estimate of drug-likeness (QED) is 0.828. The van der Waals surface area contributed by atoms with Crippen LogP contribution in [0.1, 0.15) is 29.4 Å². The summed E-state index contributed by atoms with van der Waals surface area (Å²) in [6, 6.07) is 0. The predicted octanol–water partition coefficient (Wildman–Crippen LogP) is 0.534. The normalized spacial score (nSPS) is 14.3. The lowest BCUT2D eigenvalue weighted by atomic mass is 10.3. The Hall–Kier alpha value is -1.83. The van der Waals surface area contributed by atoms with Gasteiger partial charge in [0.2, 0.25) is 5.91 Å². The summed E-state index contributed by atoms with van der Waals surface area (Å²) >= 11 is 1.31. The number of aromatic nitrogens is 1. The Morgan fingerprint density at radius 1 is 1.43 bits per heavy atom. The standard InChI is InChI=1S/C13H21N5O2S/c1-3-17(8-9(19)15-2)12(20)10-11(14)16-13(21-10)18-6-4-5-7-18/h3-8,14H2,1-2H3,(H,15,19). The summed E-state index contributed by atoms with van der Waals surface area (Å²) < 4.78 is 0. The van der Waals surface area contributed by atoms with Gasteiger partial charge in [-0.05, 0) is 19.8 Å². The average molecular weight is 311 g/mol. The lowest BCUT2D eigenvalue weighted by molar-refractivity contribution is -0.121. The highest BCUT2D eigenvalue weighted by atomic mass is 32.1. The molecule has 0 radical (unpaired) electrons. The van der Waals surface area contributed by atoms with Gasteiger partial charge in [-0.1, -0.05) is 11.3 Å². The van der Waals surface area contributed by atoms with Crippen LogP contribution in [0.4, 0.5) is 10.9 Å². The highest BCUT2D eigenvalue weighted by Crippen LogP contribution is 2.31. The molecule has 3 N–H and O–H groups in total. The van der Waals surface area contributed by atoms with E-state index in [0.29, 0.717) is 11.4 Å². The molecule has 21 heavy (non-hydrogen) atoms. The van der Waals surface area contributed by atoms with Gasteiger partial charge in [0.25, 0.3) is 5.91 Å². The minimum Gasteiger partial charge on any atom is -0.382 e. The molecule has 116 valence electrons. The van der Waals surface area contributed by atoms with Crippen LogP contribution >= 0.6 is 11.3 Å². The molecule has 1 aliphatic heterocycles. The number of nitrogens with two attached hydrogens (primary N) is 1. The third-order valence-corrected chi connectivity index (χ3v) is 4.62. The molecule has 0 saturated carbocycles. The molecule has 0 atom stereocenters. The van der Waals surface area contributed by atoms with Crippen molar-refractivity contribution in [3.63, 3.8) is 0 Å². The number of nitrogens with one attached hydrogen (secondary N) is 1. The number of hydrogen-bond acceptors (Lipinski definition) is 6. The van der Waals surface area contributed by atoms with E-state index in [-0.39, 0.29) is 24.2 Å². The van der Waals surface area contributed by atoms with Gasteiger partial charge in [0.05, 0.1) is 6.54 Å². The molecular weight excluding hydrogens is 290 g/mol. The first-order valence-corrected chi connectivity index (χ1v) is 7.89. The molecule has 0 spiro atoms. The fourth-order valence-corrected chi connectivity index (χ4v) is 3.25. The van der Waals surface area contributed by atoms with Crippen molar-refractivity contribution in [3.8, 4) is 0 Å². The summed E-state index contributed by atoms with van der Waals surface area (Å²) in [6.07, 6.45) is 2.28. The van der Waals surface area contributed by atoms with Crippen molar-refractivity contribution in [3.05, 3.63) is 4.88 Å². The number of carbonyl (C=O) groups excluding carboxylic acids is 2. The molecule has 0 bridgehead atoms. The lowest BCUT2D eigenvalue weighted by Crippen LogP contribution is -2.39. The number of nitrogen functional groups attached to an aromatic ring is 1. The summed E-state index contributed by atoms with van der Waals surface area (Å²) in [4.78, 5) is 32.3. The van der Waals surface area contributed by atoms with Crippen molar-refractivity contribution < 1.29 is 9.59 Å². The number of rotatable bonds is 5. The zero-order valence-corrected chi connectivity index (χ0v) is 13.2. The van der Waals surface area contributed by atoms with Gasteiger partial charge >= 0.3 is 0 Å². The Kier molecular flexibility index (Phi) is 5.00. The van der Waals surface area contributed by atoms with Gasteiger partial charge < -0.3 is 20.9 Å². The molecule has 7 nitrogen and oxygen atoms in total. The van der Waals surface area contributed by atoms with Crippen LogP contribution in [0.2, 0.25) is 0 Å². The van der Waals surface area contributed by atoms with Crippen LogP contribution in [0, 0.1) is 0 Å². The number of carbonyl (C=O) groups is 2. The second kappa shape index (κ2) is 6.75. The van der Waals surface area contributed by atoms with Crippen LogP contribution in [0.3, 0.4) is 0 Å². The maximum Gasteiger partial charge on any atom is 0.268 e. The van der Waals surface area contributed by atoms with E-state index in [1.807, 2.05) is 6.92 Å². The predicted molar refractivity (Wildman–Crippen MR) is 83.6 cm³/mol. The minimum atomic E-state index is -0.235. The van der Waals surface area contributed by atoms with E-state index in [1.165, 1.54) is 16.2 Å². The molecule has 0 aliphatic carbocycles. The van der Waals surface area contributed by atoms with Crippen molar-refractivity contribution >= 4 is 34.1 Å². The monoisotopic (exact) mass is 311 g/mol. The van der Waals surface area contributed by atoms with E-state index in [9.17, 15) is 9.59 Å². The van der Waals surface area contributed by atoms with E-state index in [0.717, 1.165) is 31.1 Å². The zero-order valence-electron chi connectivity index (χ0n) is 12.4. The van der Waals surface area contributed by atoms with E-state index in [4.69, 9.17) is 5.73 Å². The first kappa shape index (κ1) is 15.6. The largest absolute Gasteiger partial charge is 0.382 e. The molecular formula is C13H21N5O2S. The van der Waals surface area contributed by atoms with E-state index >= 15 is 0 Å². The molecule has 2 rings (SSSR count). The molecule has 1 fully saturated rings. The molecule has 1 saturated heterocycles.